The topological polar surface area (TPSA) is 54.0 Å². The molecule has 2 aromatic rings. The second-order valence-corrected chi connectivity index (χ2v) is 9.27. The Bertz CT molecular complexity index is 970. The fourth-order valence-electron chi connectivity index (χ4n) is 3.67. The highest BCUT2D eigenvalue weighted by molar-refractivity contribution is 9.10. The number of benzene rings is 2. The Labute approximate surface area is 204 Å². The second-order valence-electron chi connectivity index (χ2n) is 8.03. The molecule has 0 radical (unpaired) electrons. The van der Waals surface area contributed by atoms with Crippen LogP contribution in [0.4, 0.5) is 5.69 Å². The van der Waals surface area contributed by atoms with Gasteiger partial charge in [-0.25, -0.2) is 0 Å². The number of likely N-dealkylation sites (N-methyl/N-ethyl adjacent to an activating group) is 1. The van der Waals surface area contributed by atoms with Gasteiger partial charge < -0.3 is 24.6 Å². The van der Waals surface area contributed by atoms with Crippen LogP contribution in [0.3, 0.4) is 0 Å². The third-order valence-electron chi connectivity index (χ3n) is 5.20. The summed E-state index contributed by atoms with van der Waals surface area (Å²) in [5.41, 5.74) is 3.84. The van der Waals surface area contributed by atoms with E-state index in [1.54, 1.807) is 0 Å². The monoisotopic (exact) mass is 519 g/mol. The highest BCUT2D eigenvalue weighted by Crippen LogP contribution is 2.37. The molecule has 0 spiro atoms. The van der Waals surface area contributed by atoms with Crippen LogP contribution in [-0.2, 0) is 4.79 Å². The minimum atomic E-state index is -0.235. The van der Waals surface area contributed by atoms with Gasteiger partial charge in [-0.1, -0.05) is 18.3 Å². The second kappa shape index (κ2) is 11.1. The van der Waals surface area contributed by atoms with Gasteiger partial charge in [-0.05, 0) is 79.1 Å². The molecule has 0 aliphatic carbocycles. The van der Waals surface area contributed by atoms with Crippen LogP contribution in [0.15, 0.2) is 34.8 Å². The molecule has 6 nitrogen and oxygen atoms in total. The van der Waals surface area contributed by atoms with Crippen LogP contribution in [-0.4, -0.2) is 67.1 Å². The lowest BCUT2D eigenvalue weighted by atomic mass is 10.1. The Morgan fingerprint density at radius 2 is 1.72 bits per heavy atom. The quantitative estimate of drug-likeness (QED) is 0.547. The Balaban J connectivity index is 1.71. The molecule has 32 heavy (non-hydrogen) atoms. The molecule has 0 unspecified atom stereocenters. The smallest absolute Gasteiger partial charge is 0.262 e. The van der Waals surface area contributed by atoms with Crippen LogP contribution in [0.1, 0.15) is 23.6 Å². The summed E-state index contributed by atoms with van der Waals surface area (Å²) in [5.74, 6) is 0.821. The normalized spacial score (nSPS) is 14.2. The molecule has 3 rings (SSSR count). The van der Waals surface area contributed by atoms with Crippen LogP contribution < -0.4 is 14.8 Å². The van der Waals surface area contributed by atoms with Crippen molar-refractivity contribution in [1.29, 1.82) is 0 Å². The number of nitrogens with zero attached hydrogens (tertiary/aromatic N) is 2. The van der Waals surface area contributed by atoms with E-state index in [0.29, 0.717) is 22.6 Å². The van der Waals surface area contributed by atoms with Crippen LogP contribution in [0.25, 0.3) is 0 Å². The number of piperazine rings is 1. The zero-order chi connectivity index (χ0) is 23.3. The maximum Gasteiger partial charge on any atom is 0.262 e. The van der Waals surface area contributed by atoms with E-state index in [2.05, 4.69) is 44.2 Å². The van der Waals surface area contributed by atoms with E-state index in [1.165, 1.54) is 0 Å². The number of nitrogens with one attached hydrogen (secondary N) is 1. The van der Waals surface area contributed by atoms with Gasteiger partial charge in [0, 0.05) is 37.4 Å². The summed E-state index contributed by atoms with van der Waals surface area (Å²) < 4.78 is 12.4. The molecule has 0 bridgehead atoms. The number of hydrogen-bond donors (Lipinski definition) is 1. The van der Waals surface area contributed by atoms with Gasteiger partial charge in [0.15, 0.2) is 18.1 Å². The first-order valence-corrected chi connectivity index (χ1v) is 11.9. The number of anilines is 1. The van der Waals surface area contributed by atoms with Crippen LogP contribution in [0, 0.1) is 13.8 Å². The van der Waals surface area contributed by atoms with Crippen molar-refractivity contribution in [2.45, 2.75) is 20.8 Å². The number of amides is 1. The molecule has 2 aromatic carbocycles. The first-order valence-electron chi connectivity index (χ1n) is 10.7. The van der Waals surface area contributed by atoms with Crippen molar-refractivity contribution in [1.82, 2.24) is 9.80 Å². The first-order chi connectivity index (χ1) is 15.3. The molecule has 0 aromatic heterocycles. The molecule has 1 fully saturated rings. The summed E-state index contributed by atoms with van der Waals surface area (Å²) in [5, 5.41) is 2.89. The van der Waals surface area contributed by atoms with Gasteiger partial charge in [-0.15, -0.1) is 0 Å². The molecule has 1 aliphatic heterocycles. The van der Waals surface area contributed by atoms with Gasteiger partial charge in [0.2, 0.25) is 0 Å². The molecule has 8 heteroatoms. The van der Waals surface area contributed by atoms with Crippen molar-refractivity contribution in [3.05, 3.63) is 51.5 Å². The molecular formula is C24H30BrN3O3S. The number of thiocarbonyl (C=S) groups is 1. The van der Waals surface area contributed by atoms with Crippen molar-refractivity contribution in [3.8, 4) is 11.5 Å². The fourth-order valence-corrected chi connectivity index (χ4v) is 4.53. The van der Waals surface area contributed by atoms with Gasteiger partial charge >= 0.3 is 0 Å². The SMILES string of the molecule is CCOc1cc(C(=S)N2CCN(C)CC2)cc(Br)c1OCC(=O)Nc1cc(C)cc(C)c1. The van der Waals surface area contributed by atoms with E-state index in [4.69, 9.17) is 21.7 Å². The highest BCUT2D eigenvalue weighted by atomic mass is 79.9. The highest BCUT2D eigenvalue weighted by Gasteiger charge is 2.21. The Morgan fingerprint density at radius 3 is 2.34 bits per heavy atom. The first kappa shape index (κ1) is 24.5. The maximum atomic E-state index is 12.5. The van der Waals surface area contributed by atoms with E-state index >= 15 is 0 Å². The van der Waals surface area contributed by atoms with E-state index in [0.717, 1.165) is 53.5 Å². The largest absolute Gasteiger partial charge is 0.490 e. The summed E-state index contributed by atoms with van der Waals surface area (Å²) in [6.45, 7) is 10.0. The summed E-state index contributed by atoms with van der Waals surface area (Å²) in [6.07, 6.45) is 0. The van der Waals surface area contributed by atoms with E-state index in [1.807, 2.05) is 45.0 Å². The van der Waals surface area contributed by atoms with Gasteiger partial charge in [-0.3, -0.25) is 4.79 Å². The zero-order valence-corrected chi connectivity index (χ0v) is 21.4. The fraction of sp³-hybridized carbons (Fsp3) is 0.417. The van der Waals surface area contributed by atoms with Crippen molar-refractivity contribution < 1.29 is 14.3 Å². The number of halogens is 1. The third-order valence-corrected chi connectivity index (χ3v) is 6.28. The summed E-state index contributed by atoms with van der Waals surface area (Å²) >= 11 is 9.33. The minimum absolute atomic E-state index is 0.131. The van der Waals surface area contributed by atoms with Crippen LogP contribution >= 0.6 is 28.1 Å². The van der Waals surface area contributed by atoms with Crippen LogP contribution in [0.5, 0.6) is 11.5 Å². The predicted octanol–water partition coefficient (Wildman–Crippen LogP) is 4.41. The average Bonchev–Trinajstić information content (AvgIpc) is 2.72. The average molecular weight is 520 g/mol. The number of aryl methyl sites for hydroxylation is 2. The van der Waals surface area contributed by atoms with Gasteiger partial charge in [-0.2, -0.15) is 0 Å². The minimum Gasteiger partial charge on any atom is -0.490 e. The van der Waals surface area contributed by atoms with Crippen LogP contribution in [0.2, 0.25) is 0 Å². The molecule has 0 atom stereocenters. The Hall–Kier alpha value is -2.16. The van der Waals surface area contributed by atoms with Gasteiger partial charge in [0.05, 0.1) is 11.1 Å². The number of hydrogen-bond acceptors (Lipinski definition) is 5. The number of carbonyl (C=O) groups is 1. The van der Waals surface area contributed by atoms with Crippen molar-refractivity contribution in [2.75, 3.05) is 51.8 Å². The summed E-state index contributed by atoms with van der Waals surface area (Å²) in [4.78, 5) is 17.8. The third kappa shape index (κ3) is 6.43. The van der Waals surface area contributed by atoms with Crippen molar-refractivity contribution in [2.24, 2.45) is 0 Å². The molecule has 1 N–H and O–H groups in total. The van der Waals surface area contributed by atoms with E-state index in [9.17, 15) is 4.79 Å². The standard InChI is InChI=1S/C24H30BrN3O3S/c1-5-30-21-14-18(24(32)28-8-6-27(4)7-9-28)13-20(25)23(21)31-15-22(29)26-19-11-16(2)10-17(3)12-19/h10-14H,5-9,15H2,1-4H3,(H,26,29). The molecule has 0 saturated carbocycles. The Kier molecular flexibility index (Phi) is 8.51. The predicted molar refractivity (Wildman–Crippen MR) is 136 cm³/mol. The summed E-state index contributed by atoms with van der Waals surface area (Å²) in [7, 11) is 2.12. The lowest BCUT2D eigenvalue weighted by Gasteiger charge is -2.34. The molecular weight excluding hydrogens is 490 g/mol. The number of ether oxygens (including phenoxy) is 2. The molecule has 1 aliphatic rings. The van der Waals surface area contributed by atoms with Crippen molar-refractivity contribution >= 4 is 44.7 Å². The maximum absolute atomic E-state index is 12.5. The number of carbonyl (C=O) groups excluding carboxylic acids is 1. The molecule has 1 amide bonds. The molecule has 1 heterocycles. The Morgan fingerprint density at radius 1 is 1.06 bits per heavy atom. The van der Waals surface area contributed by atoms with Crippen molar-refractivity contribution in [3.63, 3.8) is 0 Å². The zero-order valence-electron chi connectivity index (χ0n) is 19.0. The molecule has 172 valence electrons. The lowest BCUT2D eigenvalue weighted by molar-refractivity contribution is -0.118. The number of rotatable bonds is 7. The molecule has 1 saturated heterocycles. The lowest BCUT2D eigenvalue weighted by Crippen LogP contribution is -2.46. The van der Waals surface area contributed by atoms with E-state index < -0.39 is 0 Å². The van der Waals surface area contributed by atoms with E-state index in [-0.39, 0.29) is 12.5 Å². The van der Waals surface area contributed by atoms with Gasteiger partial charge in [0.1, 0.15) is 4.99 Å². The van der Waals surface area contributed by atoms with Gasteiger partial charge in [0.25, 0.3) is 5.91 Å². The summed E-state index contributed by atoms with van der Waals surface area (Å²) in [6, 6.07) is 9.75.